The average molecular weight is 435 g/mol. The molecule has 0 saturated carbocycles. The van der Waals surface area contributed by atoms with E-state index in [1.165, 1.54) is 16.8 Å². The first-order valence-electron chi connectivity index (χ1n) is 10.1. The van der Waals surface area contributed by atoms with Crippen LogP contribution in [-0.4, -0.2) is 57.3 Å². The second-order valence-corrected chi connectivity index (χ2v) is 8.61. The van der Waals surface area contributed by atoms with Crippen molar-refractivity contribution in [3.8, 4) is 5.75 Å². The molecule has 1 aromatic carbocycles. The van der Waals surface area contributed by atoms with E-state index in [4.69, 9.17) is 4.74 Å². The van der Waals surface area contributed by atoms with Gasteiger partial charge in [-0.05, 0) is 44.5 Å². The fraction of sp³-hybridized carbons (Fsp3) is 0.455. The van der Waals surface area contributed by atoms with Crippen LogP contribution in [-0.2, 0) is 17.8 Å². The van der Waals surface area contributed by atoms with Crippen LogP contribution in [0.2, 0.25) is 0 Å². The van der Waals surface area contributed by atoms with Crippen LogP contribution >= 0.6 is 0 Å². The number of aromatic nitrogens is 1. The van der Waals surface area contributed by atoms with Crippen LogP contribution in [0, 0.1) is 11.6 Å². The minimum absolute atomic E-state index is 0.0123. The Hall–Kier alpha value is -2.94. The average Bonchev–Trinajstić information content (AvgIpc) is 2.69. The summed E-state index contributed by atoms with van der Waals surface area (Å²) < 4.78 is 33.1. The standard InChI is InChI=1S/C22H27F2N3O4/c1-22(2,3)31-21(30)26-10-8-25(9-11-26)14-16-6-7-27(20(29)19(16)28)13-15-4-5-17(23)18(24)12-15/h4-7,12,28H,8-11,13-14H2,1-3H3. The molecule has 0 aliphatic carbocycles. The SMILES string of the molecule is CC(C)(C)OC(=O)N1CCN(Cc2ccn(Cc3ccc(F)c(F)c3)c(=O)c2O)CC1. The molecule has 3 rings (SSSR count). The smallest absolute Gasteiger partial charge is 0.410 e. The lowest BCUT2D eigenvalue weighted by atomic mass is 10.2. The zero-order chi connectivity index (χ0) is 22.8. The summed E-state index contributed by atoms with van der Waals surface area (Å²) >= 11 is 0. The Bertz CT molecular complexity index is 1010. The maximum absolute atomic E-state index is 13.4. The molecule has 9 heteroatoms. The number of hydrogen-bond acceptors (Lipinski definition) is 5. The molecule has 1 fully saturated rings. The summed E-state index contributed by atoms with van der Waals surface area (Å²) in [5.74, 6) is -2.32. The van der Waals surface area contributed by atoms with Crippen LogP contribution in [0.25, 0.3) is 0 Å². The predicted octanol–water partition coefficient (Wildman–Crippen LogP) is 2.93. The molecule has 7 nitrogen and oxygen atoms in total. The number of benzene rings is 1. The van der Waals surface area contributed by atoms with Crippen molar-refractivity contribution in [1.82, 2.24) is 14.4 Å². The van der Waals surface area contributed by atoms with Crippen molar-refractivity contribution in [2.24, 2.45) is 0 Å². The third-order valence-corrected chi connectivity index (χ3v) is 4.98. The number of amides is 1. The molecule has 1 amide bonds. The summed E-state index contributed by atoms with van der Waals surface area (Å²) in [6.07, 6.45) is 1.17. The normalized spacial score (nSPS) is 15.2. The number of carbonyl (C=O) groups is 1. The van der Waals surface area contributed by atoms with Gasteiger partial charge in [0, 0.05) is 44.5 Å². The van der Waals surface area contributed by atoms with Gasteiger partial charge in [-0.2, -0.15) is 0 Å². The summed E-state index contributed by atoms with van der Waals surface area (Å²) in [7, 11) is 0. The molecule has 168 valence electrons. The number of hydrogen-bond donors (Lipinski definition) is 1. The van der Waals surface area contributed by atoms with E-state index in [9.17, 15) is 23.5 Å². The number of piperazine rings is 1. The number of nitrogens with zero attached hydrogens (tertiary/aromatic N) is 3. The van der Waals surface area contributed by atoms with Gasteiger partial charge in [0.2, 0.25) is 0 Å². The fourth-order valence-corrected chi connectivity index (χ4v) is 3.34. The highest BCUT2D eigenvalue weighted by atomic mass is 19.2. The molecule has 0 atom stereocenters. The first-order chi connectivity index (χ1) is 14.5. The molecule has 1 N–H and O–H groups in total. The zero-order valence-electron chi connectivity index (χ0n) is 17.9. The van der Waals surface area contributed by atoms with E-state index in [0.29, 0.717) is 43.9 Å². The van der Waals surface area contributed by atoms with Gasteiger partial charge in [-0.25, -0.2) is 13.6 Å². The maximum Gasteiger partial charge on any atom is 0.410 e. The number of halogens is 2. The van der Waals surface area contributed by atoms with E-state index in [-0.39, 0.29) is 18.4 Å². The van der Waals surface area contributed by atoms with Gasteiger partial charge in [0.1, 0.15) is 5.60 Å². The minimum atomic E-state index is -0.989. The summed E-state index contributed by atoms with van der Waals surface area (Å²) in [6.45, 7) is 7.96. The van der Waals surface area contributed by atoms with E-state index >= 15 is 0 Å². The minimum Gasteiger partial charge on any atom is -0.503 e. The van der Waals surface area contributed by atoms with Gasteiger partial charge >= 0.3 is 6.09 Å². The first-order valence-corrected chi connectivity index (χ1v) is 10.1. The number of ether oxygens (including phenoxy) is 1. The highest BCUT2D eigenvalue weighted by Crippen LogP contribution is 2.17. The Kier molecular flexibility index (Phi) is 6.64. The lowest BCUT2D eigenvalue weighted by Crippen LogP contribution is -2.49. The van der Waals surface area contributed by atoms with Crippen LogP contribution in [0.3, 0.4) is 0 Å². The number of carbonyl (C=O) groups excluding carboxylic acids is 1. The topological polar surface area (TPSA) is 75.0 Å². The van der Waals surface area contributed by atoms with E-state index in [1.54, 1.807) is 11.0 Å². The van der Waals surface area contributed by atoms with Crippen molar-refractivity contribution in [3.63, 3.8) is 0 Å². The van der Waals surface area contributed by atoms with Crippen molar-refractivity contribution in [3.05, 3.63) is 63.6 Å². The van der Waals surface area contributed by atoms with Crippen molar-refractivity contribution in [2.75, 3.05) is 26.2 Å². The van der Waals surface area contributed by atoms with Crippen LogP contribution in [0.5, 0.6) is 5.75 Å². The van der Waals surface area contributed by atoms with Gasteiger partial charge in [0.05, 0.1) is 6.54 Å². The Balaban J connectivity index is 1.62. The van der Waals surface area contributed by atoms with Crippen molar-refractivity contribution in [2.45, 2.75) is 39.5 Å². The number of rotatable bonds is 4. The lowest BCUT2D eigenvalue weighted by Gasteiger charge is -2.35. The second-order valence-electron chi connectivity index (χ2n) is 8.61. The predicted molar refractivity (Wildman–Crippen MR) is 111 cm³/mol. The second kappa shape index (κ2) is 9.05. The highest BCUT2D eigenvalue weighted by molar-refractivity contribution is 5.68. The lowest BCUT2D eigenvalue weighted by molar-refractivity contribution is 0.0138. The molecule has 1 aliphatic rings. The first kappa shape index (κ1) is 22.7. The van der Waals surface area contributed by atoms with Gasteiger partial charge in [0.15, 0.2) is 17.4 Å². The summed E-state index contributed by atoms with van der Waals surface area (Å²) in [6, 6.07) is 5.05. The van der Waals surface area contributed by atoms with Gasteiger partial charge < -0.3 is 19.3 Å². The van der Waals surface area contributed by atoms with Crippen LogP contribution in [0.4, 0.5) is 13.6 Å². The molecule has 1 aromatic heterocycles. The third kappa shape index (κ3) is 5.81. The number of aromatic hydroxyl groups is 1. The molecule has 31 heavy (non-hydrogen) atoms. The van der Waals surface area contributed by atoms with Crippen LogP contribution in [0.1, 0.15) is 31.9 Å². The van der Waals surface area contributed by atoms with Crippen LogP contribution in [0.15, 0.2) is 35.3 Å². The van der Waals surface area contributed by atoms with E-state index in [2.05, 4.69) is 0 Å². The Labute approximate surface area is 179 Å². The van der Waals surface area contributed by atoms with Gasteiger partial charge in [-0.15, -0.1) is 0 Å². The summed E-state index contributed by atoms with van der Waals surface area (Å²) in [4.78, 5) is 28.4. The van der Waals surface area contributed by atoms with E-state index < -0.39 is 22.8 Å². The molecule has 0 bridgehead atoms. The number of pyridine rings is 1. The largest absolute Gasteiger partial charge is 0.503 e. The molecule has 2 heterocycles. The van der Waals surface area contributed by atoms with Gasteiger partial charge in [0.25, 0.3) is 5.56 Å². The molecule has 0 unspecified atom stereocenters. The maximum atomic E-state index is 13.4. The monoisotopic (exact) mass is 435 g/mol. The zero-order valence-corrected chi connectivity index (χ0v) is 17.9. The van der Waals surface area contributed by atoms with Crippen molar-refractivity contribution < 1.29 is 23.4 Å². The molecular formula is C22H27F2N3O4. The van der Waals surface area contributed by atoms with Crippen molar-refractivity contribution in [1.29, 1.82) is 0 Å². The Morgan fingerprint density at radius 3 is 2.35 bits per heavy atom. The molecular weight excluding hydrogens is 408 g/mol. The summed E-state index contributed by atoms with van der Waals surface area (Å²) in [5.41, 5.74) is -0.276. The van der Waals surface area contributed by atoms with Gasteiger partial charge in [-0.1, -0.05) is 6.07 Å². The van der Waals surface area contributed by atoms with Crippen molar-refractivity contribution >= 4 is 6.09 Å². The molecule has 0 radical (unpaired) electrons. The molecule has 2 aromatic rings. The third-order valence-electron chi connectivity index (χ3n) is 4.98. The Morgan fingerprint density at radius 2 is 1.74 bits per heavy atom. The fourth-order valence-electron chi connectivity index (χ4n) is 3.34. The summed E-state index contributed by atoms with van der Waals surface area (Å²) in [5, 5.41) is 10.4. The molecule has 0 spiro atoms. The quantitative estimate of drug-likeness (QED) is 0.799. The molecule has 1 aliphatic heterocycles. The van der Waals surface area contributed by atoms with E-state index in [1.807, 2.05) is 25.7 Å². The van der Waals surface area contributed by atoms with E-state index in [0.717, 1.165) is 12.1 Å². The highest BCUT2D eigenvalue weighted by Gasteiger charge is 2.26. The van der Waals surface area contributed by atoms with Gasteiger partial charge in [-0.3, -0.25) is 9.69 Å². The molecule has 1 saturated heterocycles. The Morgan fingerprint density at radius 1 is 1.06 bits per heavy atom. The van der Waals surface area contributed by atoms with Crippen LogP contribution < -0.4 is 5.56 Å².